The van der Waals surface area contributed by atoms with Gasteiger partial charge >= 0.3 is 0 Å². The van der Waals surface area contributed by atoms with Gasteiger partial charge in [0, 0.05) is 6.20 Å². The first-order valence-electron chi connectivity index (χ1n) is 7.86. The fraction of sp³-hybridized carbons (Fsp3) is 0.235. The average molecular weight is 349 g/mol. The van der Waals surface area contributed by atoms with Crippen LogP contribution in [0.2, 0.25) is 0 Å². The Morgan fingerprint density at radius 2 is 2.27 bits per heavy atom. The van der Waals surface area contributed by atoms with Crippen LogP contribution in [0.1, 0.15) is 34.4 Å². The molecular weight excluding hydrogens is 334 g/mol. The van der Waals surface area contributed by atoms with E-state index >= 15 is 0 Å². The van der Waals surface area contributed by atoms with E-state index in [0.29, 0.717) is 35.1 Å². The number of nitrogens with zero attached hydrogens (tertiary/aromatic N) is 5. The minimum atomic E-state index is -0.463. The summed E-state index contributed by atoms with van der Waals surface area (Å²) >= 11 is 0. The van der Waals surface area contributed by atoms with Gasteiger partial charge in [-0.2, -0.15) is 15.6 Å². The minimum absolute atomic E-state index is 0.00186. The van der Waals surface area contributed by atoms with Crippen LogP contribution in [0.4, 0.5) is 5.82 Å². The number of carbonyl (C=O) groups excluding carboxylic acids is 1. The van der Waals surface area contributed by atoms with Crippen molar-refractivity contribution < 1.29 is 9.53 Å². The number of anilines is 1. The lowest BCUT2D eigenvalue weighted by Crippen LogP contribution is -2.16. The van der Waals surface area contributed by atoms with E-state index in [-0.39, 0.29) is 17.8 Å². The van der Waals surface area contributed by atoms with Gasteiger partial charge in [-0.1, -0.05) is 0 Å². The summed E-state index contributed by atoms with van der Waals surface area (Å²) < 4.78 is 7.18. The number of H-pyrrole nitrogens is 1. The number of imidazole rings is 1. The van der Waals surface area contributed by atoms with Gasteiger partial charge in [-0.05, 0) is 26.0 Å². The van der Waals surface area contributed by atoms with Gasteiger partial charge in [0.05, 0.1) is 30.5 Å². The van der Waals surface area contributed by atoms with E-state index in [9.17, 15) is 10.1 Å². The summed E-state index contributed by atoms with van der Waals surface area (Å²) in [5.74, 6) is 0.194. The third-order valence-corrected chi connectivity index (χ3v) is 3.74. The van der Waals surface area contributed by atoms with E-state index in [1.807, 2.05) is 19.1 Å². The number of nitrogens with one attached hydrogen (secondary N) is 2. The zero-order chi connectivity index (χ0) is 18.7. The molecule has 3 rings (SSSR count). The molecule has 130 valence electrons. The van der Waals surface area contributed by atoms with Crippen molar-refractivity contribution in [3.8, 4) is 17.9 Å². The van der Waals surface area contributed by atoms with Crippen LogP contribution in [0.3, 0.4) is 0 Å². The number of rotatable bonds is 5. The largest absolute Gasteiger partial charge is 0.490 e. The van der Waals surface area contributed by atoms with Gasteiger partial charge in [-0.15, -0.1) is 0 Å². The summed E-state index contributed by atoms with van der Waals surface area (Å²) in [4.78, 5) is 17.2. The highest BCUT2D eigenvalue weighted by Gasteiger charge is 2.22. The number of ether oxygens (including phenoxy) is 1. The second kappa shape index (κ2) is 6.95. The fourth-order valence-corrected chi connectivity index (χ4v) is 2.66. The molecule has 0 atom stereocenters. The lowest BCUT2D eigenvalue weighted by atomic mass is 10.2. The minimum Gasteiger partial charge on any atom is -0.490 e. The molecule has 3 aromatic rings. The molecule has 0 spiro atoms. The van der Waals surface area contributed by atoms with E-state index < -0.39 is 5.91 Å². The number of hydrogen-bond acceptors (Lipinski definition) is 6. The standard InChI is InChI=1S/C17H15N7O2/c1-3-26-13-5-4-8-24-14(10(2)20-16(13)24)17(25)21-15-11(9-19)12(6-7-18)22-23-15/h4-5,8H,3,6H2,1-2H3,(H2,21,22,23,25). The molecule has 3 heterocycles. The maximum absolute atomic E-state index is 12.8. The Labute approximate surface area is 148 Å². The van der Waals surface area contributed by atoms with Crippen LogP contribution < -0.4 is 10.1 Å². The lowest BCUT2D eigenvalue weighted by molar-refractivity contribution is 0.102. The van der Waals surface area contributed by atoms with Crippen molar-refractivity contribution in [3.05, 3.63) is 41.0 Å². The molecule has 26 heavy (non-hydrogen) atoms. The summed E-state index contributed by atoms with van der Waals surface area (Å²) in [6, 6.07) is 7.44. The van der Waals surface area contributed by atoms with Gasteiger partial charge in [-0.25, -0.2) is 4.98 Å². The lowest BCUT2D eigenvalue weighted by Gasteiger charge is -2.06. The number of aromatic nitrogens is 4. The van der Waals surface area contributed by atoms with Gasteiger partial charge in [-0.3, -0.25) is 14.3 Å². The van der Waals surface area contributed by atoms with Crippen molar-refractivity contribution in [2.45, 2.75) is 20.3 Å². The Morgan fingerprint density at radius 3 is 2.96 bits per heavy atom. The Balaban J connectivity index is 1.99. The van der Waals surface area contributed by atoms with Crippen LogP contribution in [0.25, 0.3) is 5.65 Å². The summed E-state index contributed by atoms with van der Waals surface area (Å²) in [5, 5.41) is 27.2. The molecular formula is C17H15N7O2. The van der Waals surface area contributed by atoms with Gasteiger partial charge in [0.1, 0.15) is 17.3 Å². The van der Waals surface area contributed by atoms with E-state index in [1.165, 1.54) is 0 Å². The molecule has 0 aliphatic carbocycles. The summed E-state index contributed by atoms with van der Waals surface area (Å²) in [6.45, 7) is 4.06. The molecule has 3 aromatic heterocycles. The molecule has 0 aliphatic heterocycles. The fourth-order valence-electron chi connectivity index (χ4n) is 2.66. The number of aryl methyl sites for hydroxylation is 1. The maximum Gasteiger partial charge on any atom is 0.275 e. The molecule has 9 heteroatoms. The number of fused-ring (bicyclic) bond motifs is 1. The molecule has 0 saturated heterocycles. The van der Waals surface area contributed by atoms with Gasteiger partial charge in [0.25, 0.3) is 5.91 Å². The Kier molecular flexibility index (Phi) is 4.54. The zero-order valence-corrected chi connectivity index (χ0v) is 14.2. The SMILES string of the molecule is CCOc1cccn2c(C(=O)Nc3n[nH]c(CC#N)c3C#N)c(C)nc12. The Bertz CT molecular complexity index is 1070. The predicted molar refractivity (Wildman–Crippen MR) is 91.7 cm³/mol. The summed E-state index contributed by atoms with van der Waals surface area (Å²) in [6.07, 6.45) is 1.71. The first-order chi connectivity index (χ1) is 12.6. The monoisotopic (exact) mass is 349 g/mol. The molecule has 0 unspecified atom stereocenters. The van der Waals surface area contributed by atoms with Crippen LogP contribution in [-0.4, -0.2) is 32.1 Å². The summed E-state index contributed by atoms with van der Waals surface area (Å²) in [7, 11) is 0. The van der Waals surface area contributed by atoms with Crippen molar-refractivity contribution in [1.82, 2.24) is 19.6 Å². The molecule has 2 N–H and O–H groups in total. The highest BCUT2D eigenvalue weighted by molar-refractivity contribution is 6.04. The van der Waals surface area contributed by atoms with Crippen LogP contribution in [0.5, 0.6) is 5.75 Å². The van der Waals surface area contributed by atoms with Crippen molar-refractivity contribution in [1.29, 1.82) is 10.5 Å². The molecule has 0 aliphatic rings. The number of pyridine rings is 1. The molecule has 1 amide bonds. The first kappa shape index (κ1) is 17.0. The maximum atomic E-state index is 12.8. The third kappa shape index (κ3) is 2.82. The van der Waals surface area contributed by atoms with Gasteiger partial charge in [0.15, 0.2) is 17.2 Å². The zero-order valence-electron chi connectivity index (χ0n) is 14.2. The quantitative estimate of drug-likeness (QED) is 0.723. The normalized spacial score (nSPS) is 10.3. The second-order valence-corrected chi connectivity index (χ2v) is 5.37. The predicted octanol–water partition coefficient (Wildman–Crippen LogP) is 1.95. The highest BCUT2D eigenvalue weighted by Crippen LogP contribution is 2.23. The van der Waals surface area contributed by atoms with Crippen LogP contribution in [0.15, 0.2) is 18.3 Å². The van der Waals surface area contributed by atoms with Crippen LogP contribution >= 0.6 is 0 Å². The molecule has 0 radical (unpaired) electrons. The molecule has 0 bridgehead atoms. The molecule has 0 aromatic carbocycles. The van der Waals surface area contributed by atoms with Crippen molar-refractivity contribution in [3.63, 3.8) is 0 Å². The number of amides is 1. The van der Waals surface area contributed by atoms with Crippen molar-refractivity contribution >= 4 is 17.4 Å². The average Bonchev–Trinajstić information content (AvgIpc) is 3.16. The van der Waals surface area contributed by atoms with Crippen LogP contribution in [0, 0.1) is 29.6 Å². The number of nitriles is 2. The number of carbonyl (C=O) groups is 1. The molecule has 0 fully saturated rings. The molecule has 0 saturated carbocycles. The van der Waals surface area contributed by atoms with E-state index in [1.54, 1.807) is 29.7 Å². The van der Waals surface area contributed by atoms with E-state index in [4.69, 9.17) is 10.00 Å². The summed E-state index contributed by atoms with van der Waals surface area (Å²) in [5.41, 5.74) is 1.86. The van der Waals surface area contributed by atoms with Gasteiger partial charge in [0.2, 0.25) is 0 Å². The van der Waals surface area contributed by atoms with Gasteiger partial charge < -0.3 is 10.1 Å². The van der Waals surface area contributed by atoms with Crippen molar-refractivity contribution in [2.24, 2.45) is 0 Å². The van der Waals surface area contributed by atoms with Crippen molar-refractivity contribution in [2.75, 3.05) is 11.9 Å². The first-order valence-corrected chi connectivity index (χ1v) is 7.86. The Morgan fingerprint density at radius 1 is 1.46 bits per heavy atom. The number of hydrogen-bond donors (Lipinski definition) is 2. The Hall–Kier alpha value is -3.85. The van der Waals surface area contributed by atoms with Crippen LogP contribution in [-0.2, 0) is 6.42 Å². The van der Waals surface area contributed by atoms with E-state index in [0.717, 1.165) is 0 Å². The number of aromatic amines is 1. The van der Waals surface area contributed by atoms with E-state index in [2.05, 4.69) is 20.5 Å². The topological polar surface area (TPSA) is 132 Å². The smallest absolute Gasteiger partial charge is 0.275 e. The third-order valence-electron chi connectivity index (χ3n) is 3.74. The highest BCUT2D eigenvalue weighted by atomic mass is 16.5. The second-order valence-electron chi connectivity index (χ2n) is 5.37. The molecule has 9 nitrogen and oxygen atoms in total.